The van der Waals surface area contributed by atoms with Gasteiger partial charge in [0.1, 0.15) is 5.01 Å². The van der Waals surface area contributed by atoms with Crippen LogP contribution in [0.1, 0.15) is 10.7 Å². The van der Waals surface area contributed by atoms with E-state index in [4.69, 9.17) is 4.74 Å². The zero-order chi connectivity index (χ0) is 15.0. The number of rotatable bonds is 3. The molecule has 0 unspecified atom stereocenters. The number of aromatic nitrogens is 1. The largest absolute Gasteiger partial charge is 0.375 e. The van der Waals surface area contributed by atoms with Crippen LogP contribution in [0.25, 0.3) is 0 Å². The second-order valence-corrected chi connectivity index (χ2v) is 8.79. The van der Waals surface area contributed by atoms with Gasteiger partial charge < -0.3 is 4.74 Å². The van der Waals surface area contributed by atoms with Gasteiger partial charge in [0.25, 0.3) is 0 Å². The lowest BCUT2D eigenvalue weighted by molar-refractivity contribution is 0.0518. The summed E-state index contributed by atoms with van der Waals surface area (Å²) < 4.78 is 30.9. The molecular formula is C13H21N3O3S2. The Morgan fingerprint density at radius 1 is 1.43 bits per heavy atom. The number of fused-ring (bicyclic) bond motifs is 1. The van der Waals surface area contributed by atoms with Crippen molar-refractivity contribution in [3.8, 4) is 0 Å². The fraction of sp³-hybridized carbons (Fsp3) is 0.769. The minimum atomic E-state index is -3.14. The van der Waals surface area contributed by atoms with Crippen LogP contribution in [0.15, 0.2) is 5.38 Å². The summed E-state index contributed by atoms with van der Waals surface area (Å²) in [5.41, 5.74) is 1.06. The Balaban J connectivity index is 1.64. The highest BCUT2D eigenvalue weighted by Gasteiger charge is 2.38. The second-order valence-electron chi connectivity index (χ2n) is 5.87. The standard InChI is InChI=1S/C13H21N3O3S2/c1-10-9-20-13(14-10)8-15-5-11-6-16(21(2,17)18)3-4-19-12(11)7-15/h9,11-12H,3-8H2,1-2H3/t11-,12+/m0/s1. The summed E-state index contributed by atoms with van der Waals surface area (Å²) in [5.74, 6) is 0.253. The average molecular weight is 331 g/mol. The van der Waals surface area contributed by atoms with Crippen LogP contribution in [0.5, 0.6) is 0 Å². The Morgan fingerprint density at radius 3 is 2.90 bits per heavy atom. The van der Waals surface area contributed by atoms with Crippen LogP contribution in [-0.2, 0) is 21.3 Å². The third kappa shape index (κ3) is 3.62. The first-order valence-electron chi connectivity index (χ1n) is 7.12. The van der Waals surface area contributed by atoms with Gasteiger partial charge >= 0.3 is 0 Å². The van der Waals surface area contributed by atoms with Crippen molar-refractivity contribution in [1.29, 1.82) is 0 Å². The normalized spacial score (nSPS) is 28.5. The minimum absolute atomic E-state index is 0.137. The van der Waals surface area contributed by atoms with Gasteiger partial charge in [-0.2, -0.15) is 4.31 Å². The van der Waals surface area contributed by atoms with Gasteiger partial charge in [0.2, 0.25) is 10.0 Å². The van der Waals surface area contributed by atoms with Crippen molar-refractivity contribution >= 4 is 21.4 Å². The van der Waals surface area contributed by atoms with Gasteiger partial charge in [0, 0.05) is 43.2 Å². The van der Waals surface area contributed by atoms with Gasteiger partial charge in [0.15, 0.2) is 0 Å². The van der Waals surface area contributed by atoms with Crippen molar-refractivity contribution < 1.29 is 13.2 Å². The molecule has 0 aromatic carbocycles. The summed E-state index contributed by atoms with van der Waals surface area (Å²) in [6.45, 7) is 6.08. The van der Waals surface area contributed by atoms with E-state index in [1.807, 2.05) is 6.92 Å². The maximum absolute atomic E-state index is 11.8. The fourth-order valence-corrected chi connectivity index (χ4v) is 4.73. The van der Waals surface area contributed by atoms with E-state index in [0.29, 0.717) is 19.7 Å². The Labute approximate surface area is 129 Å². The number of hydrogen-bond acceptors (Lipinski definition) is 6. The number of aryl methyl sites for hydroxylation is 1. The van der Waals surface area contributed by atoms with Gasteiger partial charge in [-0.1, -0.05) is 0 Å². The van der Waals surface area contributed by atoms with E-state index in [-0.39, 0.29) is 12.0 Å². The van der Waals surface area contributed by atoms with Gasteiger partial charge in [-0.25, -0.2) is 13.4 Å². The first-order valence-corrected chi connectivity index (χ1v) is 9.84. The van der Waals surface area contributed by atoms with Crippen LogP contribution in [-0.4, -0.2) is 67.8 Å². The van der Waals surface area contributed by atoms with Crippen molar-refractivity contribution in [1.82, 2.24) is 14.2 Å². The van der Waals surface area contributed by atoms with E-state index in [1.54, 1.807) is 15.6 Å². The van der Waals surface area contributed by atoms with Crippen molar-refractivity contribution in [2.75, 3.05) is 39.0 Å². The number of hydrogen-bond donors (Lipinski definition) is 0. The first kappa shape index (κ1) is 15.4. The highest BCUT2D eigenvalue weighted by molar-refractivity contribution is 7.88. The summed E-state index contributed by atoms with van der Waals surface area (Å²) in [7, 11) is -3.14. The molecule has 2 fully saturated rings. The van der Waals surface area contributed by atoms with Crippen molar-refractivity contribution in [3.05, 3.63) is 16.1 Å². The van der Waals surface area contributed by atoms with Gasteiger partial charge in [-0.15, -0.1) is 11.3 Å². The van der Waals surface area contributed by atoms with Crippen LogP contribution >= 0.6 is 11.3 Å². The van der Waals surface area contributed by atoms with E-state index in [0.717, 1.165) is 30.3 Å². The van der Waals surface area contributed by atoms with Crippen LogP contribution < -0.4 is 0 Å². The molecule has 118 valence electrons. The monoisotopic (exact) mass is 331 g/mol. The molecule has 3 rings (SSSR count). The van der Waals surface area contributed by atoms with Crippen molar-refractivity contribution in [3.63, 3.8) is 0 Å². The average Bonchev–Trinajstić information content (AvgIpc) is 2.89. The van der Waals surface area contributed by atoms with Gasteiger partial charge in [-0.05, 0) is 6.92 Å². The van der Waals surface area contributed by atoms with Crippen LogP contribution in [0.4, 0.5) is 0 Å². The molecular weight excluding hydrogens is 310 g/mol. The summed E-state index contributed by atoms with van der Waals surface area (Å²) in [4.78, 5) is 6.81. The predicted octanol–water partition coefficient (Wildman–Crippen LogP) is 0.544. The molecule has 2 aliphatic rings. The van der Waals surface area contributed by atoms with E-state index in [9.17, 15) is 8.42 Å². The van der Waals surface area contributed by atoms with Crippen molar-refractivity contribution in [2.45, 2.75) is 19.6 Å². The molecule has 0 N–H and O–H groups in total. The number of likely N-dealkylation sites (tertiary alicyclic amines) is 1. The Hall–Kier alpha value is -0.540. The molecule has 0 spiro atoms. The lowest BCUT2D eigenvalue weighted by Crippen LogP contribution is -2.36. The molecule has 6 nitrogen and oxygen atoms in total. The fourth-order valence-electron chi connectivity index (χ4n) is 3.05. The zero-order valence-corrected chi connectivity index (χ0v) is 14.0. The van der Waals surface area contributed by atoms with Crippen LogP contribution in [0, 0.1) is 12.8 Å². The molecule has 0 radical (unpaired) electrons. The Kier molecular flexibility index (Phi) is 4.33. The zero-order valence-electron chi connectivity index (χ0n) is 12.4. The number of ether oxygens (including phenoxy) is 1. The molecule has 2 aliphatic heterocycles. The third-order valence-corrected chi connectivity index (χ3v) is 6.28. The Bertz CT molecular complexity index is 602. The molecule has 2 saturated heterocycles. The number of thiazole rings is 1. The van der Waals surface area contributed by atoms with E-state index >= 15 is 0 Å². The SMILES string of the molecule is Cc1csc(CN2C[C@H]3CN(S(C)(=O)=O)CCO[C@@H]3C2)n1. The molecule has 1 aromatic heterocycles. The van der Waals surface area contributed by atoms with Crippen LogP contribution in [0.3, 0.4) is 0 Å². The molecule has 0 aliphatic carbocycles. The summed E-state index contributed by atoms with van der Waals surface area (Å²) in [5, 5.41) is 3.18. The predicted molar refractivity (Wildman–Crippen MR) is 81.8 cm³/mol. The molecule has 0 saturated carbocycles. The molecule has 2 atom stereocenters. The van der Waals surface area contributed by atoms with Gasteiger partial charge in [0.05, 0.1) is 25.5 Å². The topological polar surface area (TPSA) is 62.7 Å². The lowest BCUT2D eigenvalue weighted by Gasteiger charge is -2.21. The van der Waals surface area contributed by atoms with E-state index in [1.165, 1.54) is 6.26 Å². The molecule has 1 aromatic rings. The quantitative estimate of drug-likeness (QED) is 0.809. The molecule has 0 amide bonds. The van der Waals surface area contributed by atoms with E-state index in [2.05, 4.69) is 15.3 Å². The smallest absolute Gasteiger partial charge is 0.211 e. The summed E-state index contributed by atoms with van der Waals surface area (Å²) >= 11 is 1.68. The first-order chi connectivity index (χ1) is 9.91. The maximum Gasteiger partial charge on any atom is 0.211 e. The van der Waals surface area contributed by atoms with Crippen LogP contribution in [0.2, 0.25) is 0 Å². The second kappa shape index (κ2) is 5.92. The third-order valence-electron chi connectivity index (χ3n) is 4.06. The van der Waals surface area contributed by atoms with Crippen molar-refractivity contribution in [2.24, 2.45) is 5.92 Å². The van der Waals surface area contributed by atoms with Gasteiger partial charge in [-0.3, -0.25) is 4.90 Å². The highest BCUT2D eigenvalue weighted by Crippen LogP contribution is 2.26. The minimum Gasteiger partial charge on any atom is -0.375 e. The molecule has 0 bridgehead atoms. The molecule has 3 heterocycles. The lowest BCUT2D eigenvalue weighted by atomic mass is 10.1. The number of sulfonamides is 1. The summed E-state index contributed by atoms with van der Waals surface area (Å²) in [6, 6.07) is 0. The Morgan fingerprint density at radius 2 is 2.24 bits per heavy atom. The van der Waals surface area contributed by atoms with E-state index < -0.39 is 10.0 Å². The molecule has 8 heteroatoms. The maximum atomic E-state index is 11.8. The summed E-state index contributed by atoms with van der Waals surface area (Å²) in [6.07, 6.45) is 1.41. The molecule has 21 heavy (non-hydrogen) atoms. The number of nitrogens with zero attached hydrogens (tertiary/aromatic N) is 3. The highest BCUT2D eigenvalue weighted by atomic mass is 32.2.